The molecule has 0 N–H and O–H groups in total. The van der Waals surface area contributed by atoms with Crippen molar-refractivity contribution in [2.45, 2.75) is 11.8 Å². The van der Waals surface area contributed by atoms with Gasteiger partial charge in [-0.3, -0.25) is 0 Å². The molecule has 3 nitrogen and oxygen atoms in total. The Kier molecular flexibility index (Phi) is 3.66. The van der Waals surface area contributed by atoms with Crippen molar-refractivity contribution in [1.29, 1.82) is 0 Å². The minimum absolute atomic E-state index is 0.187. The van der Waals surface area contributed by atoms with Gasteiger partial charge in [0.05, 0.1) is 27.4 Å². The summed E-state index contributed by atoms with van der Waals surface area (Å²) in [5, 5.41) is 8.75. The van der Waals surface area contributed by atoms with Crippen molar-refractivity contribution in [3.05, 3.63) is 39.6 Å². The van der Waals surface area contributed by atoms with E-state index in [1.165, 1.54) is 0 Å². The molecule has 84 valence electrons. The highest BCUT2D eigenvalue weighted by atomic mass is 79.9. The Labute approximate surface area is 115 Å². The lowest BCUT2D eigenvalue weighted by Gasteiger charge is -2.01. The molecule has 0 amide bonds. The number of benzene rings is 1. The lowest BCUT2D eigenvalue weighted by Crippen LogP contribution is -1.94. The molecule has 0 radical (unpaired) electrons. The van der Waals surface area contributed by atoms with E-state index >= 15 is 0 Å². The van der Waals surface area contributed by atoms with Gasteiger partial charge in [0.25, 0.3) is 0 Å². The van der Waals surface area contributed by atoms with Crippen molar-refractivity contribution >= 4 is 43.5 Å². The summed E-state index contributed by atoms with van der Waals surface area (Å²) in [6, 6.07) is 5.65. The number of halogens is 3. The molecule has 0 saturated carbocycles. The first-order valence-corrected chi connectivity index (χ1v) is 6.68. The van der Waals surface area contributed by atoms with Gasteiger partial charge in [-0.25, -0.2) is 4.68 Å². The monoisotopic (exact) mass is 363 g/mol. The summed E-state index contributed by atoms with van der Waals surface area (Å²) in [7, 11) is 0. The smallest absolute Gasteiger partial charge is 0.0965 e. The number of aromatic nitrogens is 3. The summed E-state index contributed by atoms with van der Waals surface area (Å²) in [5.41, 5.74) is 1.78. The number of hydrogen-bond donors (Lipinski definition) is 0. The average molecular weight is 365 g/mol. The summed E-state index contributed by atoms with van der Waals surface area (Å²) in [6.45, 7) is 2.00. The van der Waals surface area contributed by atoms with Crippen LogP contribution in [-0.2, 0) is 0 Å². The van der Waals surface area contributed by atoms with Crippen molar-refractivity contribution < 1.29 is 0 Å². The van der Waals surface area contributed by atoms with Crippen LogP contribution in [0, 0.1) is 0 Å². The molecule has 0 fully saturated rings. The Morgan fingerprint density at radius 1 is 1.44 bits per heavy atom. The third-order valence-corrected chi connectivity index (χ3v) is 3.79. The SMILES string of the molecule is CC(Br)c1cn(-c2ccc(Br)c(Cl)c2)nn1. The van der Waals surface area contributed by atoms with Gasteiger partial charge in [0.1, 0.15) is 0 Å². The van der Waals surface area contributed by atoms with Crippen molar-refractivity contribution in [3.8, 4) is 5.69 Å². The lowest BCUT2D eigenvalue weighted by atomic mass is 10.3. The fourth-order valence-electron chi connectivity index (χ4n) is 1.21. The van der Waals surface area contributed by atoms with E-state index in [1.54, 1.807) is 4.68 Å². The number of hydrogen-bond acceptors (Lipinski definition) is 2. The molecule has 1 unspecified atom stereocenters. The van der Waals surface area contributed by atoms with E-state index in [0.717, 1.165) is 15.9 Å². The molecule has 0 saturated heterocycles. The zero-order valence-corrected chi connectivity index (χ0v) is 12.3. The van der Waals surface area contributed by atoms with Gasteiger partial charge in [0.2, 0.25) is 0 Å². The molecule has 1 aromatic heterocycles. The van der Waals surface area contributed by atoms with Crippen molar-refractivity contribution in [3.63, 3.8) is 0 Å². The Hall–Kier alpha value is -0.390. The van der Waals surface area contributed by atoms with Gasteiger partial charge in [0, 0.05) is 4.47 Å². The fraction of sp³-hybridized carbons (Fsp3) is 0.200. The predicted molar refractivity (Wildman–Crippen MR) is 71.4 cm³/mol. The van der Waals surface area contributed by atoms with Crippen LogP contribution in [0.3, 0.4) is 0 Å². The summed E-state index contributed by atoms with van der Waals surface area (Å²) in [6.07, 6.45) is 1.87. The molecule has 0 aliphatic carbocycles. The second-order valence-corrected chi connectivity index (χ2v) is 5.94. The summed E-state index contributed by atoms with van der Waals surface area (Å²) in [4.78, 5) is 0.187. The molecule has 2 rings (SSSR count). The Morgan fingerprint density at radius 2 is 2.19 bits per heavy atom. The maximum atomic E-state index is 6.02. The predicted octanol–water partition coefficient (Wildman–Crippen LogP) is 4.14. The van der Waals surface area contributed by atoms with Crippen molar-refractivity contribution in [1.82, 2.24) is 15.0 Å². The van der Waals surface area contributed by atoms with Crippen LogP contribution in [0.25, 0.3) is 5.69 Å². The van der Waals surface area contributed by atoms with E-state index in [9.17, 15) is 0 Å². The first-order chi connectivity index (χ1) is 7.58. The third-order valence-electron chi connectivity index (χ3n) is 2.09. The molecule has 2 aromatic rings. The van der Waals surface area contributed by atoms with E-state index in [1.807, 2.05) is 31.3 Å². The molecule has 0 spiro atoms. The van der Waals surface area contributed by atoms with Crippen molar-refractivity contribution in [2.24, 2.45) is 0 Å². The van der Waals surface area contributed by atoms with Crippen LogP contribution in [0.5, 0.6) is 0 Å². The first kappa shape index (κ1) is 12.1. The van der Waals surface area contributed by atoms with Crippen LogP contribution in [-0.4, -0.2) is 15.0 Å². The third kappa shape index (κ3) is 2.47. The van der Waals surface area contributed by atoms with Gasteiger partial charge in [-0.05, 0) is 41.1 Å². The van der Waals surface area contributed by atoms with Gasteiger partial charge in [0.15, 0.2) is 0 Å². The topological polar surface area (TPSA) is 30.7 Å². The highest BCUT2D eigenvalue weighted by Gasteiger charge is 2.08. The van der Waals surface area contributed by atoms with Gasteiger partial charge in [-0.2, -0.15) is 0 Å². The van der Waals surface area contributed by atoms with Crippen LogP contribution in [0.2, 0.25) is 5.02 Å². The van der Waals surface area contributed by atoms with Crippen LogP contribution < -0.4 is 0 Å². The number of nitrogens with zero attached hydrogens (tertiary/aromatic N) is 3. The van der Waals surface area contributed by atoms with Crippen molar-refractivity contribution in [2.75, 3.05) is 0 Å². The average Bonchev–Trinajstić information content (AvgIpc) is 2.71. The van der Waals surface area contributed by atoms with Gasteiger partial charge in [-0.15, -0.1) is 5.10 Å². The maximum Gasteiger partial charge on any atom is 0.0965 e. The molecule has 1 heterocycles. The second-order valence-electron chi connectivity index (χ2n) is 3.30. The highest BCUT2D eigenvalue weighted by Crippen LogP contribution is 2.25. The standard InChI is InChI=1S/C10H8Br2ClN3/c1-6(11)10-5-16(15-14-10)7-2-3-8(12)9(13)4-7/h2-6H,1H3. The normalized spacial score (nSPS) is 12.8. The minimum Gasteiger partial charge on any atom is -0.220 e. The molecular weight excluding hydrogens is 357 g/mol. The van der Waals surface area contributed by atoms with E-state index in [2.05, 4.69) is 42.2 Å². The Balaban J connectivity index is 2.39. The summed E-state index contributed by atoms with van der Waals surface area (Å²) < 4.78 is 2.57. The minimum atomic E-state index is 0.187. The maximum absolute atomic E-state index is 6.02. The summed E-state index contributed by atoms with van der Waals surface area (Å²) >= 11 is 12.8. The van der Waals surface area contributed by atoms with Crippen LogP contribution >= 0.6 is 43.5 Å². The second kappa shape index (κ2) is 4.85. The Bertz CT molecular complexity index is 511. The molecule has 1 atom stereocenters. The zero-order chi connectivity index (χ0) is 11.7. The molecular formula is C10H8Br2ClN3. The lowest BCUT2D eigenvalue weighted by molar-refractivity contribution is 0.797. The van der Waals surface area contributed by atoms with Crippen LogP contribution in [0.4, 0.5) is 0 Å². The molecule has 6 heteroatoms. The quantitative estimate of drug-likeness (QED) is 0.749. The zero-order valence-electron chi connectivity index (χ0n) is 8.36. The molecule has 0 aliphatic rings. The summed E-state index contributed by atoms with van der Waals surface area (Å²) in [5.74, 6) is 0. The van der Waals surface area contributed by atoms with E-state index in [4.69, 9.17) is 11.6 Å². The Morgan fingerprint density at radius 3 is 2.75 bits per heavy atom. The molecule has 0 bridgehead atoms. The van der Waals surface area contributed by atoms with Crippen LogP contribution in [0.15, 0.2) is 28.9 Å². The van der Waals surface area contributed by atoms with Crippen LogP contribution in [0.1, 0.15) is 17.4 Å². The van der Waals surface area contributed by atoms with Gasteiger partial charge >= 0.3 is 0 Å². The fourth-order valence-corrected chi connectivity index (χ4v) is 1.84. The van der Waals surface area contributed by atoms with Gasteiger partial charge in [-0.1, -0.05) is 32.7 Å². The highest BCUT2D eigenvalue weighted by molar-refractivity contribution is 9.10. The molecule has 1 aromatic carbocycles. The van der Waals surface area contributed by atoms with Gasteiger partial charge < -0.3 is 0 Å². The van der Waals surface area contributed by atoms with E-state index < -0.39 is 0 Å². The molecule has 0 aliphatic heterocycles. The first-order valence-electron chi connectivity index (χ1n) is 4.59. The number of alkyl halides is 1. The van der Waals surface area contributed by atoms with E-state index in [0.29, 0.717) is 5.02 Å². The molecule has 16 heavy (non-hydrogen) atoms. The van der Waals surface area contributed by atoms with E-state index in [-0.39, 0.29) is 4.83 Å². The number of rotatable bonds is 2. The largest absolute Gasteiger partial charge is 0.220 e.